The lowest BCUT2D eigenvalue weighted by atomic mass is 10.2. The van der Waals surface area contributed by atoms with Crippen molar-refractivity contribution in [1.29, 1.82) is 0 Å². The molecule has 4 heteroatoms. The minimum absolute atomic E-state index is 0.351. The Morgan fingerprint density at radius 3 is 2.69 bits per heavy atom. The summed E-state index contributed by atoms with van der Waals surface area (Å²) >= 11 is 0. The molecule has 0 aromatic heterocycles. The maximum atomic E-state index is 11.6. The van der Waals surface area contributed by atoms with E-state index in [1.54, 1.807) is 0 Å². The average Bonchev–Trinajstić information content (AvgIpc) is 2.16. The first kappa shape index (κ1) is 12.8. The molecule has 0 aromatic carbocycles. The van der Waals surface area contributed by atoms with Crippen molar-refractivity contribution in [2.24, 2.45) is 5.73 Å². The number of ether oxygens (including phenoxy) is 1. The molecule has 0 radical (unpaired) electrons. The molecule has 90 valence electrons. The molecular weight excluding hydrogens is 204 g/mol. The van der Waals surface area contributed by atoms with Gasteiger partial charge in [0.25, 0.3) is 0 Å². The predicted molar refractivity (Wildman–Crippen MR) is 63.7 cm³/mol. The topological polar surface area (TPSA) is 55.6 Å². The number of carbonyl (C=O) groups is 1. The number of hydrogen-bond donors (Lipinski definition) is 1. The maximum Gasteiger partial charge on any atom is 0.325 e. The van der Waals surface area contributed by atoms with Crippen LogP contribution in [-0.4, -0.2) is 35.6 Å². The highest BCUT2D eigenvalue weighted by Gasteiger charge is 2.23. The molecule has 0 amide bonds. The van der Waals surface area contributed by atoms with Crippen LogP contribution >= 0.6 is 0 Å². The van der Waals surface area contributed by atoms with Crippen molar-refractivity contribution in [3.05, 3.63) is 24.4 Å². The monoisotopic (exact) mass is 224 g/mol. The van der Waals surface area contributed by atoms with Gasteiger partial charge in [0.2, 0.25) is 0 Å². The number of allylic oxidation sites excluding steroid dienone is 2. The largest absolute Gasteiger partial charge is 0.459 e. The minimum atomic E-state index is -0.602. The van der Waals surface area contributed by atoms with Crippen LogP contribution in [0.15, 0.2) is 24.4 Å². The standard InChI is InChI=1S/C12H20N2O2/c1-12(2,3)16-11(15)10(13)9-14-7-5-4-6-8-14/h4-7,10H,8-9,13H2,1-3H3. The first-order valence-electron chi connectivity index (χ1n) is 5.44. The van der Waals surface area contributed by atoms with Crippen LogP contribution in [0.5, 0.6) is 0 Å². The van der Waals surface area contributed by atoms with Gasteiger partial charge in [-0.2, -0.15) is 0 Å². The summed E-state index contributed by atoms with van der Waals surface area (Å²) in [4.78, 5) is 13.6. The highest BCUT2D eigenvalue weighted by atomic mass is 16.6. The molecule has 1 heterocycles. The summed E-state index contributed by atoms with van der Waals surface area (Å²) in [5, 5.41) is 0. The normalized spacial score (nSPS) is 17.4. The predicted octanol–water partition coefficient (Wildman–Crippen LogP) is 1.04. The summed E-state index contributed by atoms with van der Waals surface area (Å²) in [6.45, 7) is 6.77. The Kier molecular flexibility index (Phi) is 4.12. The van der Waals surface area contributed by atoms with E-state index in [-0.39, 0.29) is 5.97 Å². The molecule has 0 aliphatic carbocycles. The Hall–Kier alpha value is -1.29. The van der Waals surface area contributed by atoms with E-state index < -0.39 is 11.6 Å². The molecule has 1 aliphatic heterocycles. The highest BCUT2D eigenvalue weighted by Crippen LogP contribution is 2.09. The van der Waals surface area contributed by atoms with Crippen LogP contribution in [0.3, 0.4) is 0 Å². The first-order chi connectivity index (χ1) is 7.38. The molecule has 0 saturated heterocycles. The first-order valence-corrected chi connectivity index (χ1v) is 5.44. The van der Waals surface area contributed by atoms with Crippen LogP contribution in [0.2, 0.25) is 0 Å². The molecule has 1 aliphatic rings. The van der Waals surface area contributed by atoms with E-state index in [0.29, 0.717) is 6.54 Å². The minimum Gasteiger partial charge on any atom is -0.459 e. The number of nitrogens with zero attached hydrogens (tertiary/aromatic N) is 1. The van der Waals surface area contributed by atoms with Crippen molar-refractivity contribution in [3.63, 3.8) is 0 Å². The number of nitrogens with two attached hydrogens (primary N) is 1. The van der Waals surface area contributed by atoms with E-state index in [0.717, 1.165) is 6.54 Å². The van der Waals surface area contributed by atoms with Crippen LogP contribution in [0.1, 0.15) is 20.8 Å². The lowest BCUT2D eigenvalue weighted by Gasteiger charge is -2.26. The lowest BCUT2D eigenvalue weighted by molar-refractivity contribution is -0.156. The van der Waals surface area contributed by atoms with Gasteiger partial charge in [0.05, 0.1) is 0 Å². The summed E-state index contributed by atoms with van der Waals surface area (Å²) in [5.41, 5.74) is 5.30. The average molecular weight is 224 g/mol. The number of rotatable bonds is 3. The number of carbonyl (C=O) groups excluding carboxylic acids is 1. The van der Waals surface area contributed by atoms with Crippen LogP contribution in [0.4, 0.5) is 0 Å². The quantitative estimate of drug-likeness (QED) is 0.728. The van der Waals surface area contributed by atoms with Crippen molar-refractivity contribution < 1.29 is 9.53 Å². The van der Waals surface area contributed by atoms with Gasteiger partial charge >= 0.3 is 5.97 Å². The summed E-state index contributed by atoms with van der Waals surface area (Å²) in [6, 6.07) is -0.602. The van der Waals surface area contributed by atoms with E-state index in [2.05, 4.69) is 0 Å². The Morgan fingerprint density at radius 1 is 1.50 bits per heavy atom. The zero-order valence-electron chi connectivity index (χ0n) is 10.1. The molecule has 1 atom stereocenters. The fourth-order valence-electron chi connectivity index (χ4n) is 1.35. The SMILES string of the molecule is CC(C)(C)OC(=O)C(N)CN1C=CC=CC1. The summed E-state index contributed by atoms with van der Waals surface area (Å²) in [7, 11) is 0. The third-order valence-electron chi connectivity index (χ3n) is 2.02. The van der Waals surface area contributed by atoms with Crippen LogP contribution < -0.4 is 5.73 Å². The van der Waals surface area contributed by atoms with Crippen LogP contribution in [-0.2, 0) is 9.53 Å². The molecule has 4 nitrogen and oxygen atoms in total. The van der Waals surface area contributed by atoms with Gasteiger partial charge in [-0.05, 0) is 33.0 Å². The second-order valence-corrected chi connectivity index (χ2v) is 4.86. The molecular formula is C12H20N2O2. The van der Waals surface area contributed by atoms with E-state index in [4.69, 9.17) is 10.5 Å². The van der Waals surface area contributed by atoms with Crippen molar-refractivity contribution in [2.75, 3.05) is 13.1 Å². The van der Waals surface area contributed by atoms with Gasteiger partial charge < -0.3 is 15.4 Å². The lowest BCUT2D eigenvalue weighted by Crippen LogP contribution is -2.44. The molecule has 0 fully saturated rings. The van der Waals surface area contributed by atoms with Gasteiger partial charge in [0.15, 0.2) is 0 Å². The fraction of sp³-hybridized carbons (Fsp3) is 0.583. The van der Waals surface area contributed by atoms with Crippen molar-refractivity contribution >= 4 is 5.97 Å². The van der Waals surface area contributed by atoms with E-state index >= 15 is 0 Å². The van der Waals surface area contributed by atoms with E-state index in [1.165, 1.54) is 0 Å². The number of hydrogen-bond acceptors (Lipinski definition) is 4. The van der Waals surface area contributed by atoms with Gasteiger partial charge in [0, 0.05) is 13.1 Å². The Bertz CT molecular complexity index is 303. The maximum absolute atomic E-state index is 11.6. The third kappa shape index (κ3) is 4.49. The molecule has 16 heavy (non-hydrogen) atoms. The van der Waals surface area contributed by atoms with Gasteiger partial charge in [-0.25, -0.2) is 0 Å². The van der Waals surface area contributed by atoms with E-state index in [1.807, 2.05) is 50.1 Å². The van der Waals surface area contributed by atoms with Gasteiger partial charge in [0.1, 0.15) is 11.6 Å². The summed E-state index contributed by atoms with van der Waals surface area (Å²) in [5.74, 6) is -0.351. The smallest absolute Gasteiger partial charge is 0.325 e. The second-order valence-electron chi connectivity index (χ2n) is 4.86. The van der Waals surface area contributed by atoms with Crippen molar-refractivity contribution in [1.82, 2.24) is 4.90 Å². The third-order valence-corrected chi connectivity index (χ3v) is 2.02. The Labute approximate surface area is 96.7 Å². The molecule has 0 aromatic rings. The van der Waals surface area contributed by atoms with Crippen molar-refractivity contribution in [3.8, 4) is 0 Å². The zero-order valence-corrected chi connectivity index (χ0v) is 10.1. The van der Waals surface area contributed by atoms with E-state index in [9.17, 15) is 4.79 Å². The number of esters is 1. The van der Waals surface area contributed by atoms with Crippen molar-refractivity contribution in [2.45, 2.75) is 32.4 Å². The highest BCUT2D eigenvalue weighted by molar-refractivity contribution is 5.76. The van der Waals surface area contributed by atoms with Gasteiger partial charge in [-0.1, -0.05) is 12.2 Å². The molecule has 2 N–H and O–H groups in total. The Balaban J connectivity index is 2.40. The molecule has 0 spiro atoms. The van der Waals surface area contributed by atoms with Gasteiger partial charge in [-0.15, -0.1) is 0 Å². The van der Waals surface area contributed by atoms with Gasteiger partial charge in [-0.3, -0.25) is 4.79 Å². The molecule has 0 bridgehead atoms. The summed E-state index contributed by atoms with van der Waals surface area (Å²) < 4.78 is 5.21. The molecule has 0 saturated carbocycles. The van der Waals surface area contributed by atoms with Crippen LogP contribution in [0.25, 0.3) is 0 Å². The second kappa shape index (κ2) is 5.16. The fourth-order valence-corrected chi connectivity index (χ4v) is 1.35. The summed E-state index contributed by atoms with van der Waals surface area (Å²) in [6.07, 6.45) is 7.83. The Morgan fingerprint density at radius 2 is 2.19 bits per heavy atom. The molecule has 1 unspecified atom stereocenters. The van der Waals surface area contributed by atoms with Crippen LogP contribution in [0, 0.1) is 0 Å². The zero-order chi connectivity index (χ0) is 12.2. The molecule has 1 rings (SSSR count).